The molecule has 0 aromatic heterocycles. The number of carbonyl (C=O) groups excluding carboxylic acids is 1. The van der Waals surface area contributed by atoms with E-state index in [0.717, 1.165) is 16.7 Å². The van der Waals surface area contributed by atoms with E-state index in [9.17, 15) is 9.59 Å². The molecule has 0 saturated carbocycles. The lowest BCUT2D eigenvalue weighted by molar-refractivity contribution is -0.139. The van der Waals surface area contributed by atoms with Gasteiger partial charge in [-0.15, -0.1) is 0 Å². The average molecular weight is 411 g/mol. The number of rotatable bonds is 10. The normalized spacial score (nSPS) is 12.2. The van der Waals surface area contributed by atoms with Crippen molar-refractivity contribution < 1.29 is 24.2 Å². The molecule has 6 heteroatoms. The molecule has 160 valence electrons. The maximum atomic E-state index is 12.4. The minimum Gasteiger partial charge on any atom is -0.482 e. The van der Waals surface area contributed by atoms with E-state index in [2.05, 4.69) is 0 Å². The fourth-order valence-corrected chi connectivity index (χ4v) is 2.98. The summed E-state index contributed by atoms with van der Waals surface area (Å²) in [6.07, 6.45) is 1.33. The summed E-state index contributed by atoms with van der Waals surface area (Å²) < 4.78 is 11.5. The van der Waals surface area contributed by atoms with Crippen LogP contribution in [0.2, 0.25) is 0 Å². The quantitative estimate of drug-likeness (QED) is 0.580. The number of hydrogen-bond donors (Lipinski definition) is 1. The Hall–Kier alpha value is -3.28. The van der Waals surface area contributed by atoms with E-state index in [1.807, 2.05) is 64.1 Å². The molecule has 0 aliphatic carbocycles. The van der Waals surface area contributed by atoms with Crippen molar-refractivity contribution in [3.63, 3.8) is 0 Å². The molecule has 1 atom stereocenters. The van der Waals surface area contributed by atoms with Gasteiger partial charge in [-0.3, -0.25) is 4.79 Å². The van der Waals surface area contributed by atoms with Crippen molar-refractivity contribution in [2.24, 2.45) is 0 Å². The van der Waals surface area contributed by atoms with Crippen LogP contribution >= 0.6 is 0 Å². The minimum atomic E-state index is -1.08. The summed E-state index contributed by atoms with van der Waals surface area (Å²) in [5.41, 5.74) is 2.51. The molecule has 1 N–H and O–H groups in total. The first-order valence-electron chi connectivity index (χ1n) is 10.0. The standard InChI is InChI=1S/C24H29NO5/c1-5-25(6-2)23(26)14-17(3)20-12-13-21(22(15-20)29-16-24(27)28)30-18(4)19-10-8-7-9-11-19/h7-15,18H,5-6,16H2,1-4H3,(H,27,28)/b17-14-. The van der Waals surface area contributed by atoms with E-state index in [1.165, 1.54) is 0 Å². The van der Waals surface area contributed by atoms with Gasteiger partial charge < -0.3 is 19.5 Å². The lowest BCUT2D eigenvalue weighted by atomic mass is 10.1. The Balaban J connectivity index is 2.30. The number of amides is 1. The van der Waals surface area contributed by atoms with Crippen LogP contribution in [0.4, 0.5) is 0 Å². The topological polar surface area (TPSA) is 76.1 Å². The molecular weight excluding hydrogens is 382 g/mol. The highest BCUT2D eigenvalue weighted by molar-refractivity contribution is 5.95. The summed E-state index contributed by atoms with van der Waals surface area (Å²) in [5, 5.41) is 9.01. The molecule has 0 aliphatic heterocycles. The summed E-state index contributed by atoms with van der Waals surface area (Å²) in [7, 11) is 0. The molecule has 0 radical (unpaired) electrons. The molecule has 0 bridgehead atoms. The van der Waals surface area contributed by atoms with Crippen molar-refractivity contribution in [1.29, 1.82) is 0 Å². The van der Waals surface area contributed by atoms with Crippen molar-refractivity contribution in [2.75, 3.05) is 19.7 Å². The van der Waals surface area contributed by atoms with Gasteiger partial charge in [0.1, 0.15) is 6.10 Å². The maximum Gasteiger partial charge on any atom is 0.341 e. The van der Waals surface area contributed by atoms with Crippen molar-refractivity contribution >= 4 is 17.4 Å². The van der Waals surface area contributed by atoms with Gasteiger partial charge in [-0.25, -0.2) is 4.79 Å². The first-order chi connectivity index (χ1) is 14.3. The molecule has 1 unspecified atom stereocenters. The van der Waals surface area contributed by atoms with Crippen LogP contribution < -0.4 is 9.47 Å². The van der Waals surface area contributed by atoms with E-state index in [0.29, 0.717) is 24.6 Å². The molecule has 0 fully saturated rings. The Bertz CT molecular complexity index is 888. The number of likely N-dealkylation sites (N-methyl/N-ethyl adjacent to an activating group) is 1. The summed E-state index contributed by atoms with van der Waals surface area (Å²) >= 11 is 0. The Morgan fingerprint density at radius 3 is 2.33 bits per heavy atom. The van der Waals surface area contributed by atoms with E-state index in [4.69, 9.17) is 14.6 Å². The van der Waals surface area contributed by atoms with Gasteiger partial charge in [0.2, 0.25) is 5.91 Å². The molecule has 2 aromatic rings. The largest absolute Gasteiger partial charge is 0.482 e. The van der Waals surface area contributed by atoms with Gasteiger partial charge in [0, 0.05) is 19.2 Å². The van der Waals surface area contributed by atoms with Crippen molar-refractivity contribution in [3.05, 3.63) is 65.7 Å². The van der Waals surface area contributed by atoms with Crippen LogP contribution in [0.15, 0.2) is 54.6 Å². The summed E-state index contributed by atoms with van der Waals surface area (Å²) in [5.74, 6) is -0.380. The number of carboxylic acids is 1. The maximum absolute atomic E-state index is 12.4. The van der Waals surface area contributed by atoms with Crippen LogP contribution in [0.1, 0.15) is 44.9 Å². The zero-order chi connectivity index (χ0) is 22.1. The first-order valence-corrected chi connectivity index (χ1v) is 10.0. The third-order valence-corrected chi connectivity index (χ3v) is 4.74. The van der Waals surface area contributed by atoms with Crippen LogP contribution in [-0.4, -0.2) is 41.6 Å². The number of hydrogen-bond acceptors (Lipinski definition) is 4. The molecule has 0 spiro atoms. The Morgan fingerprint density at radius 1 is 1.07 bits per heavy atom. The highest BCUT2D eigenvalue weighted by atomic mass is 16.5. The smallest absolute Gasteiger partial charge is 0.341 e. The highest BCUT2D eigenvalue weighted by Gasteiger charge is 2.15. The summed E-state index contributed by atoms with van der Waals surface area (Å²) in [4.78, 5) is 25.1. The van der Waals surface area contributed by atoms with E-state index >= 15 is 0 Å². The van der Waals surface area contributed by atoms with Crippen molar-refractivity contribution in [2.45, 2.75) is 33.8 Å². The van der Waals surface area contributed by atoms with E-state index in [-0.39, 0.29) is 12.0 Å². The van der Waals surface area contributed by atoms with Gasteiger partial charge in [0.25, 0.3) is 0 Å². The monoisotopic (exact) mass is 411 g/mol. The van der Waals surface area contributed by atoms with Crippen molar-refractivity contribution in [3.8, 4) is 11.5 Å². The third kappa shape index (κ3) is 6.37. The molecular formula is C24H29NO5. The van der Waals surface area contributed by atoms with E-state index < -0.39 is 12.6 Å². The van der Waals surface area contributed by atoms with Crippen LogP contribution in [0.5, 0.6) is 11.5 Å². The Labute approximate surface area is 177 Å². The fourth-order valence-electron chi connectivity index (χ4n) is 2.98. The lowest BCUT2D eigenvalue weighted by Gasteiger charge is -2.19. The highest BCUT2D eigenvalue weighted by Crippen LogP contribution is 2.34. The van der Waals surface area contributed by atoms with Crippen molar-refractivity contribution in [1.82, 2.24) is 4.90 Å². The number of benzene rings is 2. The third-order valence-electron chi connectivity index (χ3n) is 4.74. The number of carboxylic acid groups (broad SMARTS) is 1. The van der Waals surface area contributed by atoms with Crippen LogP contribution in [0, 0.1) is 0 Å². The molecule has 6 nitrogen and oxygen atoms in total. The molecule has 2 rings (SSSR count). The minimum absolute atomic E-state index is 0.0662. The number of allylic oxidation sites excluding steroid dienone is 1. The predicted molar refractivity (Wildman–Crippen MR) is 117 cm³/mol. The second kappa shape index (κ2) is 11.0. The number of nitrogens with zero attached hydrogens (tertiary/aromatic N) is 1. The van der Waals surface area contributed by atoms with Gasteiger partial charge in [-0.05, 0) is 56.5 Å². The molecule has 0 saturated heterocycles. The van der Waals surface area contributed by atoms with Gasteiger partial charge in [0.15, 0.2) is 18.1 Å². The fraction of sp³-hybridized carbons (Fsp3) is 0.333. The second-order valence-electron chi connectivity index (χ2n) is 6.85. The van der Waals surface area contributed by atoms with Gasteiger partial charge in [0.05, 0.1) is 0 Å². The van der Waals surface area contributed by atoms with Crippen LogP contribution in [0.25, 0.3) is 5.57 Å². The summed E-state index contributed by atoms with van der Waals surface area (Å²) in [6.45, 7) is 8.40. The Morgan fingerprint density at radius 2 is 1.73 bits per heavy atom. The molecule has 30 heavy (non-hydrogen) atoms. The zero-order valence-electron chi connectivity index (χ0n) is 17.9. The molecule has 1 amide bonds. The van der Waals surface area contributed by atoms with Gasteiger partial charge in [-0.2, -0.15) is 0 Å². The van der Waals surface area contributed by atoms with Crippen LogP contribution in [0.3, 0.4) is 0 Å². The van der Waals surface area contributed by atoms with Gasteiger partial charge >= 0.3 is 5.97 Å². The molecule has 2 aromatic carbocycles. The van der Waals surface area contributed by atoms with Crippen LogP contribution in [-0.2, 0) is 9.59 Å². The second-order valence-corrected chi connectivity index (χ2v) is 6.85. The molecule has 0 aliphatic rings. The lowest BCUT2D eigenvalue weighted by Crippen LogP contribution is -2.28. The summed E-state index contributed by atoms with van der Waals surface area (Å²) in [6, 6.07) is 15.0. The SMILES string of the molecule is CCN(CC)C(=O)/C=C(/C)c1ccc(OC(C)c2ccccc2)c(OCC(=O)O)c1. The van der Waals surface area contributed by atoms with Gasteiger partial charge in [-0.1, -0.05) is 36.4 Å². The number of ether oxygens (including phenoxy) is 2. The number of carbonyl (C=O) groups is 2. The number of aliphatic carboxylic acids is 1. The zero-order valence-corrected chi connectivity index (χ0v) is 17.9. The predicted octanol–water partition coefficient (Wildman–Crippen LogP) is 4.56. The Kier molecular flexibility index (Phi) is 8.47. The molecule has 0 heterocycles. The average Bonchev–Trinajstić information content (AvgIpc) is 2.74. The first kappa shape index (κ1) is 23.0. The van der Waals surface area contributed by atoms with E-state index in [1.54, 1.807) is 23.1 Å².